The van der Waals surface area contributed by atoms with E-state index in [2.05, 4.69) is 31.2 Å². The molecule has 0 amide bonds. The maximum Gasteiger partial charge on any atom is 0.175 e. The summed E-state index contributed by atoms with van der Waals surface area (Å²) >= 11 is 0. The lowest BCUT2D eigenvalue weighted by atomic mass is 9.63. The number of hydrogen-bond donors (Lipinski definition) is 0. The molecule has 0 aromatic heterocycles. The standard InChI is InChI=1S/C26H18O2/c1-17-21-15-18(16-27)11-13-23(21)26(25(17)20-8-3-2-4-9-20)22-10-6-5-7-19(22)12-14-24(26)28/h2-16H,1H3. The number of benzene rings is 3. The Bertz CT molecular complexity index is 1200. The second-order valence-electron chi connectivity index (χ2n) is 7.32. The van der Waals surface area contributed by atoms with Gasteiger partial charge in [0.05, 0.1) is 0 Å². The molecule has 28 heavy (non-hydrogen) atoms. The Kier molecular flexibility index (Phi) is 3.56. The molecule has 1 unspecified atom stereocenters. The minimum Gasteiger partial charge on any atom is -0.298 e. The molecule has 0 aliphatic heterocycles. The molecular weight excluding hydrogens is 344 g/mol. The zero-order valence-electron chi connectivity index (χ0n) is 15.5. The summed E-state index contributed by atoms with van der Waals surface area (Å²) in [4.78, 5) is 25.0. The van der Waals surface area contributed by atoms with E-state index in [9.17, 15) is 9.59 Å². The van der Waals surface area contributed by atoms with Gasteiger partial charge in [0.25, 0.3) is 0 Å². The molecule has 1 atom stereocenters. The fraction of sp³-hybridized carbons (Fsp3) is 0.0769. The molecule has 0 fully saturated rings. The molecule has 1 spiro atoms. The monoisotopic (exact) mass is 362 g/mol. The summed E-state index contributed by atoms with van der Waals surface area (Å²) in [7, 11) is 0. The van der Waals surface area contributed by atoms with Gasteiger partial charge in [-0.25, -0.2) is 0 Å². The molecule has 0 bridgehead atoms. The summed E-state index contributed by atoms with van der Waals surface area (Å²) < 4.78 is 0. The minimum absolute atomic E-state index is 0.0574. The largest absolute Gasteiger partial charge is 0.298 e. The number of ketones is 1. The van der Waals surface area contributed by atoms with Crippen LogP contribution in [0.4, 0.5) is 0 Å². The summed E-state index contributed by atoms with van der Waals surface area (Å²) in [6, 6.07) is 23.8. The number of hydrogen-bond acceptors (Lipinski definition) is 2. The fourth-order valence-electron chi connectivity index (χ4n) is 4.80. The van der Waals surface area contributed by atoms with E-state index in [4.69, 9.17) is 0 Å². The van der Waals surface area contributed by atoms with Crippen LogP contribution in [0.25, 0.3) is 17.2 Å². The number of carbonyl (C=O) groups is 2. The first-order valence-electron chi connectivity index (χ1n) is 9.37. The third kappa shape index (κ3) is 2.03. The molecule has 0 N–H and O–H groups in total. The second kappa shape index (κ2) is 6.00. The molecule has 2 heteroatoms. The SMILES string of the molecule is CC1=C(c2ccccc2)C2(C(=O)C=Cc3ccccc32)c2ccc(C=O)cc21. The molecule has 0 saturated heterocycles. The van der Waals surface area contributed by atoms with Gasteiger partial charge in [-0.05, 0) is 58.0 Å². The van der Waals surface area contributed by atoms with Crippen molar-refractivity contribution < 1.29 is 9.59 Å². The highest BCUT2D eigenvalue weighted by atomic mass is 16.1. The van der Waals surface area contributed by atoms with Gasteiger partial charge in [0.1, 0.15) is 11.7 Å². The van der Waals surface area contributed by atoms with Crippen LogP contribution in [0.2, 0.25) is 0 Å². The first kappa shape index (κ1) is 16.6. The Morgan fingerprint density at radius 2 is 1.57 bits per heavy atom. The van der Waals surface area contributed by atoms with Gasteiger partial charge in [-0.15, -0.1) is 0 Å². The van der Waals surface area contributed by atoms with Crippen molar-refractivity contribution >= 4 is 29.3 Å². The van der Waals surface area contributed by atoms with Crippen LogP contribution in [0.3, 0.4) is 0 Å². The smallest absolute Gasteiger partial charge is 0.175 e. The van der Waals surface area contributed by atoms with Crippen molar-refractivity contribution in [2.75, 3.05) is 0 Å². The predicted molar refractivity (Wildman–Crippen MR) is 112 cm³/mol. The number of aldehydes is 1. The van der Waals surface area contributed by atoms with Crippen LogP contribution in [0.15, 0.2) is 78.9 Å². The normalized spacial score (nSPS) is 19.7. The second-order valence-corrected chi connectivity index (χ2v) is 7.32. The van der Waals surface area contributed by atoms with E-state index < -0.39 is 5.41 Å². The van der Waals surface area contributed by atoms with Crippen LogP contribution >= 0.6 is 0 Å². The molecule has 5 rings (SSSR count). The Labute approximate surface area is 163 Å². The number of rotatable bonds is 2. The van der Waals surface area contributed by atoms with Gasteiger partial charge < -0.3 is 0 Å². The molecule has 0 saturated carbocycles. The molecule has 0 heterocycles. The van der Waals surface area contributed by atoms with Crippen LogP contribution < -0.4 is 0 Å². The minimum atomic E-state index is -0.881. The van der Waals surface area contributed by atoms with Crippen molar-refractivity contribution in [3.05, 3.63) is 112 Å². The van der Waals surface area contributed by atoms with E-state index in [0.717, 1.165) is 45.2 Å². The topological polar surface area (TPSA) is 34.1 Å². The fourth-order valence-corrected chi connectivity index (χ4v) is 4.80. The predicted octanol–water partition coefficient (Wildman–Crippen LogP) is 5.33. The first-order valence-corrected chi connectivity index (χ1v) is 9.37. The lowest BCUT2D eigenvalue weighted by molar-refractivity contribution is -0.116. The number of carbonyl (C=O) groups excluding carboxylic acids is 2. The maximum absolute atomic E-state index is 13.6. The Morgan fingerprint density at radius 1 is 0.821 bits per heavy atom. The lowest BCUT2D eigenvalue weighted by Crippen LogP contribution is -2.38. The lowest BCUT2D eigenvalue weighted by Gasteiger charge is -2.36. The van der Waals surface area contributed by atoms with E-state index in [1.807, 2.05) is 54.6 Å². The van der Waals surface area contributed by atoms with Gasteiger partial charge in [0, 0.05) is 5.56 Å². The van der Waals surface area contributed by atoms with Gasteiger partial charge in [0.15, 0.2) is 5.78 Å². The average molecular weight is 362 g/mol. The van der Waals surface area contributed by atoms with Crippen molar-refractivity contribution in [3.63, 3.8) is 0 Å². The molecule has 2 nitrogen and oxygen atoms in total. The molecule has 3 aromatic rings. The quantitative estimate of drug-likeness (QED) is 0.578. The average Bonchev–Trinajstić information content (AvgIpc) is 3.00. The Balaban J connectivity index is 1.95. The summed E-state index contributed by atoms with van der Waals surface area (Å²) in [5, 5.41) is 0. The van der Waals surface area contributed by atoms with E-state index in [0.29, 0.717) is 5.56 Å². The number of fused-ring (bicyclic) bond motifs is 4. The van der Waals surface area contributed by atoms with Crippen LogP contribution in [-0.4, -0.2) is 12.1 Å². The zero-order chi connectivity index (χ0) is 19.3. The van der Waals surface area contributed by atoms with E-state index in [1.54, 1.807) is 6.08 Å². The van der Waals surface area contributed by atoms with Crippen molar-refractivity contribution in [3.8, 4) is 0 Å². The van der Waals surface area contributed by atoms with Crippen molar-refractivity contribution in [2.24, 2.45) is 0 Å². The number of allylic oxidation sites excluding steroid dienone is 3. The maximum atomic E-state index is 13.6. The van der Waals surface area contributed by atoms with Gasteiger partial charge in [-0.3, -0.25) is 9.59 Å². The van der Waals surface area contributed by atoms with Crippen molar-refractivity contribution in [1.29, 1.82) is 0 Å². The first-order chi connectivity index (χ1) is 13.7. The van der Waals surface area contributed by atoms with Gasteiger partial charge in [0.2, 0.25) is 0 Å². The molecule has 3 aromatic carbocycles. The van der Waals surface area contributed by atoms with Gasteiger partial charge in [-0.2, -0.15) is 0 Å². The van der Waals surface area contributed by atoms with E-state index in [-0.39, 0.29) is 5.78 Å². The van der Waals surface area contributed by atoms with E-state index in [1.165, 1.54) is 0 Å². The van der Waals surface area contributed by atoms with Crippen LogP contribution in [0.5, 0.6) is 0 Å². The Hall–Kier alpha value is -3.52. The highest BCUT2D eigenvalue weighted by molar-refractivity contribution is 6.23. The highest BCUT2D eigenvalue weighted by Gasteiger charge is 2.52. The van der Waals surface area contributed by atoms with E-state index >= 15 is 0 Å². The third-order valence-corrected chi connectivity index (χ3v) is 5.95. The van der Waals surface area contributed by atoms with Crippen LogP contribution in [-0.2, 0) is 10.2 Å². The zero-order valence-corrected chi connectivity index (χ0v) is 15.5. The van der Waals surface area contributed by atoms with Crippen LogP contribution in [0.1, 0.15) is 45.1 Å². The van der Waals surface area contributed by atoms with Crippen molar-refractivity contribution in [2.45, 2.75) is 12.3 Å². The molecule has 0 radical (unpaired) electrons. The highest BCUT2D eigenvalue weighted by Crippen LogP contribution is 2.57. The summed E-state index contributed by atoms with van der Waals surface area (Å²) in [6.45, 7) is 2.05. The summed E-state index contributed by atoms with van der Waals surface area (Å²) in [5.41, 5.74) is 6.80. The summed E-state index contributed by atoms with van der Waals surface area (Å²) in [6.07, 6.45) is 4.46. The third-order valence-electron chi connectivity index (χ3n) is 5.95. The van der Waals surface area contributed by atoms with Gasteiger partial charge in [-0.1, -0.05) is 72.8 Å². The molecule has 2 aliphatic rings. The molecular formula is C26H18O2. The van der Waals surface area contributed by atoms with Gasteiger partial charge >= 0.3 is 0 Å². The van der Waals surface area contributed by atoms with Crippen LogP contribution in [0, 0.1) is 0 Å². The Morgan fingerprint density at radius 3 is 2.36 bits per heavy atom. The molecule has 2 aliphatic carbocycles. The summed E-state index contributed by atoms with van der Waals surface area (Å²) in [5.74, 6) is 0.0574. The van der Waals surface area contributed by atoms with Crippen molar-refractivity contribution in [1.82, 2.24) is 0 Å². The molecule has 134 valence electrons.